The molecule has 0 saturated carbocycles. The number of H-pyrrole nitrogens is 1. The van der Waals surface area contributed by atoms with Gasteiger partial charge in [-0.3, -0.25) is 9.52 Å². The number of carbonyl (C=O) groups is 1. The number of carbonyl (C=O) groups excluding carboxylic acids is 1. The van der Waals surface area contributed by atoms with Gasteiger partial charge in [-0.2, -0.15) is 0 Å². The summed E-state index contributed by atoms with van der Waals surface area (Å²) in [6.45, 7) is 1.89. The molecule has 0 bridgehead atoms. The molecule has 0 aliphatic heterocycles. The predicted octanol–water partition coefficient (Wildman–Crippen LogP) is 4.71. The largest absolute Gasteiger partial charge is 0.495 e. The van der Waals surface area contributed by atoms with Crippen molar-refractivity contribution in [1.82, 2.24) is 4.98 Å². The summed E-state index contributed by atoms with van der Waals surface area (Å²) in [7, 11) is -2.44. The number of nitrogens with one attached hydrogen (secondary N) is 2. The number of benzene rings is 2. The van der Waals surface area contributed by atoms with Crippen molar-refractivity contribution < 1.29 is 17.9 Å². The summed E-state index contributed by atoms with van der Waals surface area (Å²) in [5.74, 6) is 0.481. The molecule has 0 saturated heterocycles. The Labute approximate surface area is 174 Å². The molecule has 0 spiro atoms. The molecule has 4 rings (SSSR count). The van der Waals surface area contributed by atoms with Crippen molar-refractivity contribution in [2.75, 3.05) is 11.8 Å². The fraction of sp³-hybridized carbons (Fsp3) is 0.286. The molecule has 8 heteroatoms. The van der Waals surface area contributed by atoms with Crippen LogP contribution in [0.15, 0.2) is 35.2 Å². The second kappa shape index (κ2) is 7.39. The third kappa shape index (κ3) is 3.49. The Hall–Kier alpha value is -2.51. The molecule has 0 fully saturated rings. The number of halogens is 1. The fourth-order valence-electron chi connectivity index (χ4n) is 3.87. The number of hydrogen-bond acceptors (Lipinski definition) is 4. The first kappa shape index (κ1) is 19.8. The van der Waals surface area contributed by atoms with E-state index in [0.29, 0.717) is 40.3 Å². The quantitative estimate of drug-likeness (QED) is 0.611. The van der Waals surface area contributed by atoms with Crippen molar-refractivity contribution >= 4 is 44.0 Å². The number of aromatic amines is 1. The molecule has 0 atom stereocenters. The standard InChI is InChI=1S/C21H21ClN2O4S/c1-3-12-9-14-16(23-15-5-4-6-18(25)21(14)15)11-20(12)29(26,27)24-17-10-13(22)7-8-19(17)28-2/h7-11,23-24H,3-6H2,1-2H3. The van der Waals surface area contributed by atoms with Gasteiger partial charge in [0.2, 0.25) is 0 Å². The Morgan fingerprint density at radius 3 is 2.72 bits per heavy atom. The van der Waals surface area contributed by atoms with Crippen molar-refractivity contribution in [3.8, 4) is 5.75 Å². The van der Waals surface area contributed by atoms with E-state index in [1.165, 1.54) is 13.2 Å². The number of methoxy groups -OCH3 is 1. The average molecular weight is 433 g/mol. The zero-order valence-electron chi connectivity index (χ0n) is 16.1. The lowest BCUT2D eigenvalue weighted by Gasteiger charge is -2.15. The molecule has 2 aromatic carbocycles. The maximum absolute atomic E-state index is 13.2. The molecule has 3 aromatic rings. The van der Waals surface area contributed by atoms with Crippen LogP contribution < -0.4 is 9.46 Å². The van der Waals surface area contributed by atoms with Gasteiger partial charge in [0.25, 0.3) is 10.0 Å². The molecular weight excluding hydrogens is 412 g/mol. The lowest BCUT2D eigenvalue weighted by atomic mass is 9.94. The Kier molecular flexibility index (Phi) is 5.04. The molecule has 2 N–H and O–H groups in total. The minimum Gasteiger partial charge on any atom is -0.495 e. The van der Waals surface area contributed by atoms with Gasteiger partial charge in [-0.15, -0.1) is 0 Å². The summed E-state index contributed by atoms with van der Waals surface area (Å²) in [6.07, 6.45) is 2.63. The van der Waals surface area contributed by atoms with E-state index in [9.17, 15) is 13.2 Å². The average Bonchev–Trinajstić information content (AvgIpc) is 3.05. The molecule has 29 heavy (non-hydrogen) atoms. The van der Waals surface area contributed by atoms with Crippen LogP contribution in [0.1, 0.15) is 41.4 Å². The molecule has 1 aliphatic rings. The second-order valence-corrected chi connectivity index (χ2v) is 9.15. The molecule has 1 aliphatic carbocycles. The van der Waals surface area contributed by atoms with Crippen LogP contribution in [-0.2, 0) is 22.9 Å². The minimum atomic E-state index is -3.91. The monoisotopic (exact) mass is 432 g/mol. The Morgan fingerprint density at radius 2 is 2.00 bits per heavy atom. The van der Waals surface area contributed by atoms with E-state index in [0.717, 1.165) is 23.9 Å². The van der Waals surface area contributed by atoms with Crippen LogP contribution in [-0.4, -0.2) is 26.3 Å². The number of Topliss-reactive ketones (excluding diaryl/α,β-unsaturated/α-hetero) is 1. The van der Waals surface area contributed by atoms with Crippen molar-refractivity contribution in [2.45, 2.75) is 37.5 Å². The number of aryl methyl sites for hydroxylation is 2. The van der Waals surface area contributed by atoms with E-state index >= 15 is 0 Å². The normalized spacial score (nSPS) is 14.1. The van der Waals surface area contributed by atoms with Crippen LogP contribution in [0.3, 0.4) is 0 Å². The summed E-state index contributed by atoms with van der Waals surface area (Å²) in [5, 5.41) is 1.19. The minimum absolute atomic E-state index is 0.108. The maximum Gasteiger partial charge on any atom is 0.262 e. The van der Waals surface area contributed by atoms with E-state index in [1.807, 2.05) is 13.0 Å². The highest BCUT2D eigenvalue weighted by Crippen LogP contribution is 2.34. The summed E-state index contributed by atoms with van der Waals surface area (Å²) >= 11 is 6.03. The molecule has 152 valence electrons. The van der Waals surface area contributed by atoms with Crippen LogP contribution in [0.4, 0.5) is 5.69 Å². The summed E-state index contributed by atoms with van der Waals surface area (Å²) < 4.78 is 34.3. The summed E-state index contributed by atoms with van der Waals surface area (Å²) in [5.41, 5.74) is 3.15. The number of hydrogen-bond donors (Lipinski definition) is 2. The number of fused-ring (bicyclic) bond motifs is 3. The molecule has 0 radical (unpaired) electrons. The highest BCUT2D eigenvalue weighted by atomic mass is 35.5. The van der Waals surface area contributed by atoms with Gasteiger partial charge in [-0.25, -0.2) is 8.42 Å². The third-order valence-corrected chi connectivity index (χ3v) is 6.93. The Balaban J connectivity index is 1.84. The summed E-state index contributed by atoms with van der Waals surface area (Å²) in [4.78, 5) is 15.8. The zero-order valence-corrected chi connectivity index (χ0v) is 17.7. The number of rotatable bonds is 5. The first-order valence-electron chi connectivity index (χ1n) is 9.41. The number of ketones is 1. The van der Waals surface area contributed by atoms with Gasteiger partial charge in [-0.1, -0.05) is 18.5 Å². The number of sulfonamides is 1. The Bertz CT molecular complexity index is 1230. The van der Waals surface area contributed by atoms with Crippen LogP contribution >= 0.6 is 11.6 Å². The molecule has 0 unspecified atom stereocenters. The molecule has 6 nitrogen and oxygen atoms in total. The van der Waals surface area contributed by atoms with E-state index in [-0.39, 0.29) is 16.4 Å². The fourth-order valence-corrected chi connectivity index (χ4v) is 5.42. The summed E-state index contributed by atoms with van der Waals surface area (Å²) in [6, 6.07) is 8.17. The first-order valence-corrected chi connectivity index (χ1v) is 11.3. The first-order chi connectivity index (χ1) is 13.8. The van der Waals surface area contributed by atoms with Crippen molar-refractivity contribution in [3.63, 3.8) is 0 Å². The van der Waals surface area contributed by atoms with Crippen LogP contribution in [0.2, 0.25) is 5.02 Å². The lowest BCUT2D eigenvalue weighted by Crippen LogP contribution is -2.15. The van der Waals surface area contributed by atoms with E-state index in [2.05, 4.69) is 9.71 Å². The molecular formula is C21H21ClN2O4S. The van der Waals surface area contributed by atoms with Crippen molar-refractivity contribution in [3.05, 3.63) is 52.2 Å². The van der Waals surface area contributed by atoms with E-state index in [4.69, 9.17) is 16.3 Å². The highest BCUT2D eigenvalue weighted by molar-refractivity contribution is 7.92. The lowest BCUT2D eigenvalue weighted by molar-refractivity contribution is 0.0974. The maximum atomic E-state index is 13.2. The van der Waals surface area contributed by atoms with Gasteiger partial charge in [0, 0.05) is 33.6 Å². The highest BCUT2D eigenvalue weighted by Gasteiger charge is 2.26. The van der Waals surface area contributed by atoms with Crippen LogP contribution in [0.5, 0.6) is 5.75 Å². The van der Waals surface area contributed by atoms with E-state index < -0.39 is 10.0 Å². The zero-order chi connectivity index (χ0) is 20.8. The number of anilines is 1. The van der Waals surface area contributed by atoms with Crippen LogP contribution in [0.25, 0.3) is 10.9 Å². The predicted molar refractivity (Wildman–Crippen MR) is 114 cm³/mol. The number of ether oxygens (including phenoxy) is 1. The molecule has 0 amide bonds. The van der Waals surface area contributed by atoms with Gasteiger partial charge in [0.1, 0.15) is 5.75 Å². The van der Waals surface area contributed by atoms with Crippen molar-refractivity contribution in [2.24, 2.45) is 0 Å². The SMILES string of the molecule is CCc1cc2c3c([nH]c2cc1S(=O)(=O)Nc1cc(Cl)ccc1OC)CCCC3=O. The van der Waals surface area contributed by atoms with Crippen LogP contribution in [0, 0.1) is 0 Å². The topological polar surface area (TPSA) is 88.3 Å². The van der Waals surface area contributed by atoms with Gasteiger partial charge < -0.3 is 9.72 Å². The molecule has 1 heterocycles. The van der Waals surface area contributed by atoms with Gasteiger partial charge >= 0.3 is 0 Å². The third-order valence-electron chi connectivity index (χ3n) is 5.24. The van der Waals surface area contributed by atoms with E-state index in [1.54, 1.807) is 18.2 Å². The van der Waals surface area contributed by atoms with Gasteiger partial charge in [-0.05, 0) is 55.2 Å². The smallest absolute Gasteiger partial charge is 0.262 e. The second-order valence-electron chi connectivity index (χ2n) is 7.06. The Morgan fingerprint density at radius 1 is 1.21 bits per heavy atom. The van der Waals surface area contributed by atoms with Gasteiger partial charge in [0.15, 0.2) is 5.78 Å². The molecule has 1 aromatic heterocycles. The number of aromatic nitrogens is 1. The van der Waals surface area contributed by atoms with Gasteiger partial charge in [0.05, 0.1) is 17.7 Å². The van der Waals surface area contributed by atoms with Crippen molar-refractivity contribution in [1.29, 1.82) is 0 Å².